The maximum absolute atomic E-state index is 3.47. The van der Waals surface area contributed by atoms with Crippen molar-refractivity contribution < 1.29 is 0 Å². The fraction of sp³-hybridized carbons (Fsp3) is 1.00. The van der Waals surface area contributed by atoms with Crippen LogP contribution in [0.15, 0.2) is 0 Å². The summed E-state index contributed by atoms with van der Waals surface area (Å²) in [6.45, 7) is 8.62. The van der Waals surface area contributed by atoms with Gasteiger partial charge in [-0.25, -0.2) is 0 Å². The maximum atomic E-state index is 3.47. The minimum Gasteiger partial charge on any atom is -0.317 e. The molecule has 1 unspecified atom stereocenters. The molecule has 1 heterocycles. The first kappa shape index (κ1) is 11.4. The molecule has 0 aromatic rings. The van der Waals surface area contributed by atoms with Crippen molar-refractivity contribution in [1.82, 2.24) is 10.2 Å². The average Bonchev–Trinajstić information content (AvgIpc) is 2.60. The van der Waals surface area contributed by atoms with Gasteiger partial charge in [0, 0.05) is 6.54 Å². The molecule has 2 rings (SSSR count). The molecule has 1 aliphatic heterocycles. The van der Waals surface area contributed by atoms with E-state index in [1.807, 2.05) is 0 Å². The molecular formula is C13H26N2. The Morgan fingerprint density at radius 2 is 2.07 bits per heavy atom. The van der Waals surface area contributed by atoms with Gasteiger partial charge in [-0.1, -0.05) is 26.2 Å². The molecule has 0 amide bonds. The van der Waals surface area contributed by atoms with E-state index in [-0.39, 0.29) is 0 Å². The van der Waals surface area contributed by atoms with Crippen molar-refractivity contribution in [2.75, 3.05) is 32.7 Å². The van der Waals surface area contributed by atoms with Crippen LogP contribution < -0.4 is 5.32 Å². The summed E-state index contributed by atoms with van der Waals surface area (Å²) >= 11 is 0. The predicted octanol–water partition coefficient (Wildman–Crippen LogP) is 2.11. The third-order valence-electron chi connectivity index (χ3n) is 4.13. The second kappa shape index (κ2) is 5.86. The SMILES string of the molecule is CCNCC1CCN(CCC2CCC2)C1. The van der Waals surface area contributed by atoms with Gasteiger partial charge in [-0.3, -0.25) is 0 Å². The molecule has 2 heteroatoms. The summed E-state index contributed by atoms with van der Waals surface area (Å²) in [5.41, 5.74) is 0. The number of nitrogens with one attached hydrogen (secondary N) is 1. The van der Waals surface area contributed by atoms with Crippen LogP contribution in [0.3, 0.4) is 0 Å². The van der Waals surface area contributed by atoms with Crippen molar-refractivity contribution in [3.63, 3.8) is 0 Å². The zero-order valence-electron chi connectivity index (χ0n) is 10.2. The molecule has 1 aliphatic carbocycles. The van der Waals surface area contributed by atoms with Gasteiger partial charge in [0.05, 0.1) is 0 Å². The van der Waals surface area contributed by atoms with Crippen molar-refractivity contribution in [1.29, 1.82) is 0 Å². The Hall–Kier alpha value is -0.0800. The zero-order chi connectivity index (χ0) is 10.5. The van der Waals surface area contributed by atoms with E-state index in [4.69, 9.17) is 0 Å². The number of hydrogen-bond acceptors (Lipinski definition) is 2. The first-order valence-electron chi connectivity index (χ1n) is 6.81. The van der Waals surface area contributed by atoms with Crippen LogP contribution in [-0.4, -0.2) is 37.6 Å². The van der Waals surface area contributed by atoms with Gasteiger partial charge in [-0.15, -0.1) is 0 Å². The lowest BCUT2D eigenvalue weighted by Crippen LogP contribution is -2.28. The maximum Gasteiger partial charge on any atom is 0.00223 e. The highest BCUT2D eigenvalue weighted by molar-refractivity contribution is 4.79. The second-order valence-electron chi connectivity index (χ2n) is 5.35. The van der Waals surface area contributed by atoms with Crippen LogP contribution in [-0.2, 0) is 0 Å². The van der Waals surface area contributed by atoms with Gasteiger partial charge in [-0.05, 0) is 50.9 Å². The average molecular weight is 210 g/mol. The van der Waals surface area contributed by atoms with Gasteiger partial charge < -0.3 is 10.2 Å². The fourth-order valence-electron chi connectivity index (χ4n) is 2.78. The summed E-state index contributed by atoms with van der Waals surface area (Å²) in [5, 5.41) is 3.47. The van der Waals surface area contributed by atoms with Crippen LogP contribution in [0.1, 0.15) is 39.0 Å². The number of rotatable bonds is 6. The Morgan fingerprint density at radius 1 is 1.20 bits per heavy atom. The van der Waals surface area contributed by atoms with Gasteiger partial charge in [0.2, 0.25) is 0 Å². The minimum atomic E-state index is 0.923. The van der Waals surface area contributed by atoms with Crippen molar-refractivity contribution in [3.05, 3.63) is 0 Å². The monoisotopic (exact) mass is 210 g/mol. The topological polar surface area (TPSA) is 15.3 Å². The molecule has 2 aliphatic rings. The smallest absolute Gasteiger partial charge is 0.00223 e. The first-order chi connectivity index (χ1) is 7.38. The third kappa shape index (κ3) is 3.46. The van der Waals surface area contributed by atoms with E-state index >= 15 is 0 Å². The lowest BCUT2D eigenvalue weighted by Gasteiger charge is -2.27. The summed E-state index contributed by atoms with van der Waals surface area (Å²) in [4.78, 5) is 2.68. The quantitative estimate of drug-likeness (QED) is 0.722. The third-order valence-corrected chi connectivity index (χ3v) is 4.13. The van der Waals surface area contributed by atoms with Crippen LogP contribution in [0.4, 0.5) is 0 Å². The Labute approximate surface area is 94.4 Å². The largest absolute Gasteiger partial charge is 0.317 e. The normalized spacial score (nSPS) is 28.2. The van der Waals surface area contributed by atoms with Crippen LogP contribution in [0, 0.1) is 11.8 Å². The van der Waals surface area contributed by atoms with E-state index in [1.165, 1.54) is 58.3 Å². The molecule has 88 valence electrons. The Balaban J connectivity index is 1.55. The molecule has 0 spiro atoms. The van der Waals surface area contributed by atoms with Gasteiger partial charge in [0.25, 0.3) is 0 Å². The highest BCUT2D eigenvalue weighted by atomic mass is 15.1. The minimum absolute atomic E-state index is 0.923. The summed E-state index contributed by atoms with van der Waals surface area (Å²) in [7, 11) is 0. The first-order valence-corrected chi connectivity index (χ1v) is 6.81. The van der Waals surface area contributed by atoms with Crippen molar-refractivity contribution >= 4 is 0 Å². The van der Waals surface area contributed by atoms with Gasteiger partial charge in [0.15, 0.2) is 0 Å². The molecule has 1 saturated carbocycles. The number of hydrogen-bond donors (Lipinski definition) is 1. The summed E-state index contributed by atoms with van der Waals surface area (Å²) in [6.07, 6.45) is 7.39. The molecule has 0 aromatic carbocycles. The number of nitrogens with zero attached hydrogens (tertiary/aromatic N) is 1. The summed E-state index contributed by atoms with van der Waals surface area (Å²) < 4.78 is 0. The number of likely N-dealkylation sites (tertiary alicyclic amines) is 1. The van der Waals surface area contributed by atoms with E-state index in [1.54, 1.807) is 0 Å². The standard InChI is InChI=1S/C13H26N2/c1-2-14-10-13-7-9-15(11-13)8-6-12-4-3-5-12/h12-14H,2-11H2,1H3. The van der Waals surface area contributed by atoms with Crippen LogP contribution in [0.5, 0.6) is 0 Å². The molecule has 0 aromatic heterocycles. The van der Waals surface area contributed by atoms with Crippen LogP contribution in [0.2, 0.25) is 0 Å². The molecule has 0 bridgehead atoms. The lowest BCUT2D eigenvalue weighted by molar-refractivity contribution is 0.235. The Kier molecular flexibility index (Phi) is 4.45. The second-order valence-corrected chi connectivity index (χ2v) is 5.35. The predicted molar refractivity (Wildman–Crippen MR) is 65.0 cm³/mol. The highest BCUT2D eigenvalue weighted by Crippen LogP contribution is 2.30. The summed E-state index contributed by atoms with van der Waals surface area (Å²) in [5.74, 6) is 2.00. The molecule has 0 radical (unpaired) electrons. The molecule has 1 atom stereocenters. The highest BCUT2D eigenvalue weighted by Gasteiger charge is 2.23. The molecule has 2 fully saturated rings. The van der Waals surface area contributed by atoms with Crippen LogP contribution in [0.25, 0.3) is 0 Å². The molecule has 15 heavy (non-hydrogen) atoms. The van der Waals surface area contributed by atoms with E-state index in [0.29, 0.717) is 0 Å². The van der Waals surface area contributed by atoms with E-state index in [2.05, 4.69) is 17.1 Å². The fourth-order valence-corrected chi connectivity index (χ4v) is 2.78. The summed E-state index contributed by atoms with van der Waals surface area (Å²) in [6, 6.07) is 0. The molecule has 2 nitrogen and oxygen atoms in total. The Morgan fingerprint density at radius 3 is 2.73 bits per heavy atom. The van der Waals surface area contributed by atoms with E-state index in [9.17, 15) is 0 Å². The Bertz CT molecular complexity index is 177. The van der Waals surface area contributed by atoms with Gasteiger partial charge >= 0.3 is 0 Å². The lowest BCUT2D eigenvalue weighted by atomic mass is 9.83. The van der Waals surface area contributed by atoms with Crippen molar-refractivity contribution in [2.45, 2.75) is 39.0 Å². The zero-order valence-corrected chi connectivity index (χ0v) is 10.2. The van der Waals surface area contributed by atoms with Gasteiger partial charge in [-0.2, -0.15) is 0 Å². The van der Waals surface area contributed by atoms with E-state index < -0.39 is 0 Å². The molecule has 1 saturated heterocycles. The van der Waals surface area contributed by atoms with Crippen LogP contribution >= 0.6 is 0 Å². The molecular weight excluding hydrogens is 184 g/mol. The van der Waals surface area contributed by atoms with E-state index in [0.717, 1.165) is 18.4 Å². The van der Waals surface area contributed by atoms with Crippen molar-refractivity contribution in [3.8, 4) is 0 Å². The van der Waals surface area contributed by atoms with Crippen molar-refractivity contribution in [2.24, 2.45) is 11.8 Å². The van der Waals surface area contributed by atoms with Gasteiger partial charge in [0.1, 0.15) is 0 Å². The molecule has 1 N–H and O–H groups in total.